The van der Waals surface area contributed by atoms with Gasteiger partial charge in [-0.15, -0.1) is 0 Å². The van der Waals surface area contributed by atoms with E-state index in [4.69, 9.17) is 5.14 Å². The fourth-order valence-electron chi connectivity index (χ4n) is 3.09. The Hall–Kier alpha value is -3.23. The average molecular weight is 380 g/mol. The van der Waals surface area contributed by atoms with Gasteiger partial charge >= 0.3 is 0 Å². The van der Waals surface area contributed by atoms with Crippen LogP contribution in [-0.2, 0) is 10.0 Å². The first-order valence-electron chi connectivity index (χ1n) is 8.16. The van der Waals surface area contributed by atoms with Crippen LogP contribution in [0, 0.1) is 6.92 Å². The number of sulfonamides is 1. The molecule has 4 rings (SSSR count). The fourth-order valence-corrected chi connectivity index (χ4v) is 3.61. The van der Waals surface area contributed by atoms with Crippen LogP contribution in [0.3, 0.4) is 0 Å². The molecule has 2 aromatic heterocycles. The lowest BCUT2D eigenvalue weighted by molar-refractivity contribution is 0.598. The highest BCUT2D eigenvalue weighted by Gasteiger charge is 2.17. The van der Waals surface area contributed by atoms with Crippen molar-refractivity contribution in [3.63, 3.8) is 0 Å². The number of rotatable bonds is 3. The Morgan fingerprint density at radius 3 is 2.33 bits per heavy atom. The zero-order chi connectivity index (χ0) is 19.2. The molecule has 0 aliphatic carbocycles. The molecule has 0 aliphatic rings. The number of hydrogen-bond acceptors (Lipinski definition) is 4. The highest BCUT2D eigenvalue weighted by molar-refractivity contribution is 7.89. The first kappa shape index (κ1) is 17.2. The number of aromatic amines is 1. The third-order valence-electron chi connectivity index (χ3n) is 4.33. The van der Waals surface area contributed by atoms with Crippen molar-refractivity contribution in [2.45, 2.75) is 11.8 Å². The molecule has 0 unspecified atom stereocenters. The van der Waals surface area contributed by atoms with Gasteiger partial charge in [0, 0.05) is 17.0 Å². The molecule has 2 aromatic carbocycles. The van der Waals surface area contributed by atoms with Gasteiger partial charge in [0.05, 0.1) is 10.6 Å². The predicted molar refractivity (Wildman–Crippen MR) is 103 cm³/mol. The Labute approximate surface area is 155 Å². The summed E-state index contributed by atoms with van der Waals surface area (Å²) in [5.74, 6) is 0. The number of nitrogens with two attached hydrogens (primary N) is 1. The number of benzene rings is 2. The largest absolute Gasteiger partial charge is 0.306 e. The van der Waals surface area contributed by atoms with E-state index in [-0.39, 0.29) is 10.5 Å². The maximum atomic E-state index is 12.0. The second-order valence-electron chi connectivity index (χ2n) is 6.21. The summed E-state index contributed by atoms with van der Waals surface area (Å²) in [5.41, 5.74) is 3.37. The van der Waals surface area contributed by atoms with Gasteiger partial charge in [0.2, 0.25) is 15.6 Å². The Balaban J connectivity index is 2.00. The summed E-state index contributed by atoms with van der Waals surface area (Å²) < 4.78 is 24.6. The molecule has 0 bridgehead atoms. The van der Waals surface area contributed by atoms with Crippen LogP contribution in [0.25, 0.3) is 28.0 Å². The second kappa shape index (κ2) is 6.19. The summed E-state index contributed by atoms with van der Waals surface area (Å²) in [4.78, 5) is 14.9. The van der Waals surface area contributed by atoms with E-state index in [2.05, 4.69) is 10.1 Å². The van der Waals surface area contributed by atoms with Crippen LogP contribution in [0.1, 0.15) is 5.56 Å². The number of nitrogens with one attached hydrogen (secondary N) is 1. The SMILES string of the molecule is Cc1cc(=O)[nH]c2c1c(-c1ccccc1)nn2-c1ccc(S(N)(=O)=O)cc1. The second-order valence-corrected chi connectivity index (χ2v) is 7.77. The summed E-state index contributed by atoms with van der Waals surface area (Å²) in [6, 6.07) is 17.2. The molecular weight excluding hydrogens is 364 g/mol. The third-order valence-corrected chi connectivity index (χ3v) is 5.26. The van der Waals surface area contributed by atoms with Crippen LogP contribution >= 0.6 is 0 Å². The smallest absolute Gasteiger partial charge is 0.249 e. The van der Waals surface area contributed by atoms with Gasteiger partial charge in [-0.25, -0.2) is 18.2 Å². The number of fused-ring (bicyclic) bond motifs is 1. The first-order chi connectivity index (χ1) is 12.8. The van der Waals surface area contributed by atoms with Gasteiger partial charge in [-0.2, -0.15) is 5.10 Å². The van der Waals surface area contributed by atoms with E-state index in [0.29, 0.717) is 11.3 Å². The van der Waals surface area contributed by atoms with Crippen LogP contribution in [0.15, 0.2) is 70.4 Å². The van der Waals surface area contributed by atoms with Crippen molar-refractivity contribution >= 4 is 21.1 Å². The monoisotopic (exact) mass is 380 g/mol. The Kier molecular flexibility index (Phi) is 3.94. The van der Waals surface area contributed by atoms with Gasteiger partial charge in [0.15, 0.2) is 0 Å². The van der Waals surface area contributed by atoms with Gasteiger partial charge in [0.1, 0.15) is 11.3 Å². The molecule has 2 heterocycles. The molecule has 0 atom stereocenters. The highest BCUT2D eigenvalue weighted by Crippen LogP contribution is 2.30. The normalized spacial score (nSPS) is 11.8. The van der Waals surface area contributed by atoms with Crippen LogP contribution in [0.5, 0.6) is 0 Å². The van der Waals surface area contributed by atoms with Gasteiger partial charge < -0.3 is 4.98 Å². The summed E-state index contributed by atoms with van der Waals surface area (Å²) in [5, 5.41) is 10.7. The third kappa shape index (κ3) is 3.05. The van der Waals surface area contributed by atoms with Crippen molar-refractivity contribution in [3.05, 3.63) is 76.6 Å². The molecule has 0 radical (unpaired) electrons. The Bertz CT molecular complexity index is 1310. The quantitative estimate of drug-likeness (QED) is 0.568. The molecule has 0 fully saturated rings. The Morgan fingerprint density at radius 1 is 1.04 bits per heavy atom. The van der Waals surface area contributed by atoms with E-state index < -0.39 is 10.0 Å². The van der Waals surface area contributed by atoms with Crippen molar-refractivity contribution in [2.75, 3.05) is 0 Å². The van der Waals surface area contributed by atoms with E-state index >= 15 is 0 Å². The molecule has 0 saturated carbocycles. The van der Waals surface area contributed by atoms with Crippen LogP contribution < -0.4 is 10.7 Å². The number of pyridine rings is 1. The Morgan fingerprint density at radius 2 is 1.70 bits per heavy atom. The lowest BCUT2D eigenvalue weighted by Crippen LogP contribution is -2.12. The fraction of sp³-hybridized carbons (Fsp3) is 0.0526. The molecule has 0 spiro atoms. The zero-order valence-corrected chi connectivity index (χ0v) is 15.2. The van der Waals surface area contributed by atoms with Crippen molar-refractivity contribution in [1.29, 1.82) is 0 Å². The molecule has 7 nitrogen and oxygen atoms in total. The van der Waals surface area contributed by atoms with Gasteiger partial charge in [0.25, 0.3) is 0 Å². The maximum Gasteiger partial charge on any atom is 0.249 e. The van der Waals surface area contributed by atoms with Gasteiger partial charge in [-0.1, -0.05) is 30.3 Å². The zero-order valence-electron chi connectivity index (χ0n) is 14.4. The summed E-state index contributed by atoms with van der Waals surface area (Å²) in [6.07, 6.45) is 0. The minimum Gasteiger partial charge on any atom is -0.306 e. The summed E-state index contributed by atoms with van der Waals surface area (Å²) >= 11 is 0. The number of nitrogens with zero attached hydrogens (tertiary/aromatic N) is 2. The summed E-state index contributed by atoms with van der Waals surface area (Å²) in [6.45, 7) is 1.86. The van der Waals surface area contributed by atoms with E-state index in [0.717, 1.165) is 22.2 Å². The highest BCUT2D eigenvalue weighted by atomic mass is 32.2. The van der Waals surface area contributed by atoms with Crippen molar-refractivity contribution in [2.24, 2.45) is 5.14 Å². The molecule has 0 saturated heterocycles. The van der Waals surface area contributed by atoms with Crippen molar-refractivity contribution in [1.82, 2.24) is 14.8 Å². The minimum atomic E-state index is -3.78. The number of primary sulfonamides is 1. The van der Waals surface area contributed by atoms with Gasteiger partial charge in [-0.05, 0) is 36.8 Å². The molecule has 136 valence electrons. The standard InChI is InChI=1S/C19H16N4O3S/c1-12-11-16(24)21-19-17(12)18(13-5-3-2-4-6-13)22-23(19)14-7-9-15(10-8-14)27(20,25)26/h2-11H,1H3,(H,21,24)(H2,20,25,26). The van der Waals surface area contributed by atoms with E-state index in [9.17, 15) is 13.2 Å². The van der Waals surface area contributed by atoms with E-state index in [1.807, 2.05) is 37.3 Å². The number of aromatic nitrogens is 3. The number of H-pyrrole nitrogens is 1. The lowest BCUT2D eigenvalue weighted by Gasteiger charge is -2.05. The van der Waals surface area contributed by atoms with Crippen molar-refractivity contribution < 1.29 is 8.42 Å². The lowest BCUT2D eigenvalue weighted by atomic mass is 10.1. The molecular formula is C19H16N4O3S. The molecule has 3 N–H and O–H groups in total. The molecule has 27 heavy (non-hydrogen) atoms. The predicted octanol–water partition coefficient (Wildman–Crippen LogP) is 2.34. The molecule has 8 heteroatoms. The first-order valence-corrected chi connectivity index (χ1v) is 9.70. The molecule has 4 aromatic rings. The number of aryl methyl sites for hydroxylation is 1. The molecule has 0 amide bonds. The minimum absolute atomic E-state index is 0.00988. The number of hydrogen-bond donors (Lipinski definition) is 2. The van der Waals surface area contributed by atoms with Gasteiger partial charge in [-0.3, -0.25) is 4.79 Å². The van der Waals surface area contributed by atoms with Crippen molar-refractivity contribution in [3.8, 4) is 16.9 Å². The van der Waals surface area contributed by atoms with Crippen LogP contribution in [-0.4, -0.2) is 23.2 Å². The van der Waals surface area contributed by atoms with Crippen LogP contribution in [0.2, 0.25) is 0 Å². The van der Waals surface area contributed by atoms with E-state index in [1.54, 1.807) is 16.8 Å². The topological polar surface area (TPSA) is 111 Å². The molecule has 0 aliphatic heterocycles. The maximum absolute atomic E-state index is 12.0. The summed E-state index contributed by atoms with van der Waals surface area (Å²) in [7, 11) is -3.78. The van der Waals surface area contributed by atoms with E-state index in [1.165, 1.54) is 18.2 Å². The van der Waals surface area contributed by atoms with Crippen LogP contribution in [0.4, 0.5) is 0 Å². The average Bonchev–Trinajstić information content (AvgIpc) is 3.01.